The molecule has 1 aromatic heterocycles. The van der Waals surface area contributed by atoms with Crippen molar-refractivity contribution in [1.29, 1.82) is 0 Å². The lowest BCUT2D eigenvalue weighted by atomic mass is 10.0. The molecule has 1 unspecified atom stereocenters. The Morgan fingerprint density at radius 2 is 2.44 bits per heavy atom. The average Bonchev–Trinajstić information content (AvgIpc) is 2.65. The highest BCUT2D eigenvalue weighted by Gasteiger charge is 2.30. The summed E-state index contributed by atoms with van der Waals surface area (Å²) in [4.78, 5) is 15.6. The molecule has 0 aromatic carbocycles. The van der Waals surface area contributed by atoms with Crippen LogP contribution in [0.2, 0.25) is 0 Å². The molecule has 5 heteroatoms. The van der Waals surface area contributed by atoms with E-state index in [9.17, 15) is 9.90 Å². The maximum Gasteiger partial charge on any atom is 0.253 e. The van der Waals surface area contributed by atoms with E-state index in [-0.39, 0.29) is 17.2 Å². The molecule has 1 aliphatic heterocycles. The molecule has 0 radical (unpaired) electrons. The van der Waals surface area contributed by atoms with Crippen LogP contribution >= 0.6 is 0 Å². The standard InChI is InChI=1S/C11H15N3O2/c1-11(2-3-12-7-11)14-10(16)8-4-9(15)6-13-5-8/h4-6,12,15H,2-3,7H2,1H3,(H,14,16). The second-order valence-electron chi connectivity index (χ2n) is 4.37. The lowest BCUT2D eigenvalue weighted by Crippen LogP contribution is -2.47. The van der Waals surface area contributed by atoms with Gasteiger partial charge in [0.05, 0.1) is 17.3 Å². The third-order valence-electron chi connectivity index (χ3n) is 2.77. The van der Waals surface area contributed by atoms with Crippen molar-refractivity contribution < 1.29 is 9.90 Å². The number of hydrogen-bond donors (Lipinski definition) is 3. The van der Waals surface area contributed by atoms with Crippen LogP contribution in [-0.2, 0) is 0 Å². The Hall–Kier alpha value is -1.62. The van der Waals surface area contributed by atoms with Crippen LogP contribution in [0.25, 0.3) is 0 Å². The number of carbonyl (C=O) groups is 1. The fraction of sp³-hybridized carbons (Fsp3) is 0.455. The molecule has 1 fully saturated rings. The van der Waals surface area contributed by atoms with Crippen LogP contribution in [0.3, 0.4) is 0 Å². The first-order valence-corrected chi connectivity index (χ1v) is 5.26. The molecular formula is C11H15N3O2. The van der Waals surface area contributed by atoms with Gasteiger partial charge in [0.2, 0.25) is 0 Å². The molecule has 1 amide bonds. The van der Waals surface area contributed by atoms with Crippen molar-refractivity contribution in [2.45, 2.75) is 18.9 Å². The Bertz CT molecular complexity index is 400. The summed E-state index contributed by atoms with van der Waals surface area (Å²) < 4.78 is 0. The number of hydrogen-bond acceptors (Lipinski definition) is 4. The molecule has 2 heterocycles. The summed E-state index contributed by atoms with van der Waals surface area (Å²) >= 11 is 0. The molecule has 86 valence electrons. The summed E-state index contributed by atoms with van der Waals surface area (Å²) in [6.07, 6.45) is 3.65. The average molecular weight is 221 g/mol. The number of aromatic hydroxyl groups is 1. The van der Waals surface area contributed by atoms with Crippen molar-refractivity contribution in [1.82, 2.24) is 15.6 Å². The van der Waals surface area contributed by atoms with E-state index in [1.54, 1.807) is 0 Å². The monoisotopic (exact) mass is 221 g/mol. The summed E-state index contributed by atoms with van der Waals surface area (Å²) in [5, 5.41) is 15.4. The van der Waals surface area contributed by atoms with Gasteiger partial charge in [-0.2, -0.15) is 0 Å². The Morgan fingerprint density at radius 3 is 3.06 bits per heavy atom. The van der Waals surface area contributed by atoms with Gasteiger partial charge in [-0.1, -0.05) is 0 Å². The topological polar surface area (TPSA) is 74.2 Å². The first-order chi connectivity index (χ1) is 7.59. The lowest BCUT2D eigenvalue weighted by molar-refractivity contribution is 0.0912. The summed E-state index contributed by atoms with van der Waals surface area (Å²) in [6.45, 7) is 3.68. The van der Waals surface area contributed by atoms with Crippen molar-refractivity contribution >= 4 is 5.91 Å². The number of aromatic nitrogens is 1. The van der Waals surface area contributed by atoms with Gasteiger partial charge in [0, 0.05) is 12.7 Å². The van der Waals surface area contributed by atoms with Crippen LogP contribution in [0.4, 0.5) is 0 Å². The molecular weight excluding hydrogens is 206 g/mol. The second-order valence-corrected chi connectivity index (χ2v) is 4.37. The number of pyridine rings is 1. The molecule has 1 saturated heterocycles. The molecule has 0 aliphatic carbocycles. The minimum absolute atomic E-state index is 0.00218. The van der Waals surface area contributed by atoms with E-state index in [2.05, 4.69) is 15.6 Å². The van der Waals surface area contributed by atoms with Crippen molar-refractivity contribution in [3.63, 3.8) is 0 Å². The Kier molecular flexibility index (Phi) is 2.78. The first-order valence-electron chi connectivity index (χ1n) is 5.26. The third kappa shape index (κ3) is 2.30. The molecule has 1 atom stereocenters. The SMILES string of the molecule is CC1(NC(=O)c2cncc(O)c2)CCNC1. The lowest BCUT2D eigenvalue weighted by Gasteiger charge is -2.24. The van der Waals surface area contributed by atoms with E-state index in [0.717, 1.165) is 19.5 Å². The number of rotatable bonds is 2. The highest BCUT2D eigenvalue weighted by atomic mass is 16.3. The second kappa shape index (κ2) is 4.09. The fourth-order valence-electron chi connectivity index (χ4n) is 1.82. The highest BCUT2D eigenvalue weighted by Crippen LogP contribution is 2.15. The van der Waals surface area contributed by atoms with Gasteiger partial charge in [-0.25, -0.2) is 0 Å². The predicted molar refractivity (Wildman–Crippen MR) is 59.3 cm³/mol. The Morgan fingerprint density at radius 1 is 1.62 bits per heavy atom. The molecule has 1 aromatic rings. The zero-order valence-electron chi connectivity index (χ0n) is 9.16. The van der Waals surface area contributed by atoms with Gasteiger partial charge in [-0.3, -0.25) is 9.78 Å². The van der Waals surface area contributed by atoms with Crippen molar-refractivity contribution in [2.75, 3.05) is 13.1 Å². The molecule has 5 nitrogen and oxygen atoms in total. The minimum atomic E-state index is -0.206. The van der Waals surface area contributed by atoms with E-state index in [1.165, 1.54) is 18.5 Å². The van der Waals surface area contributed by atoms with Crippen LogP contribution in [0, 0.1) is 0 Å². The molecule has 16 heavy (non-hydrogen) atoms. The van der Waals surface area contributed by atoms with Crippen LogP contribution < -0.4 is 10.6 Å². The van der Waals surface area contributed by atoms with Gasteiger partial charge < -0.3 is 15.7 Å². The Labute approximate surface area is 93.9 Å². The first kappa shape index (κ1) is 10.9. The van der Waals surface area contributed by atoms with Gasteiger partial charge in [-0.15, -0.1) is 0 Å². The van der Waals surface area contributed by atoms with E-state index >= 15 is 0 Å². The molecule has 2 rings (SSSR count). The highest BCUT2D eigenvalue weighted by molar-refractivity contribution is 5.94. The number of nitrogens with zero attached hydrogens (tertiary/aromatic N) is 1. The van der Waals surface area contributed by atoms with E-state index in [0.29, 0.717) is 5.56 Å². The maximum absolute atomic E-state index is 11.9. The smallest absolute Gasteiger partial charge is 0.253 e. The number of carbonyl (C=O) groups excluding carboxylic acids is 1. The van der Waals surface area contributed by atoms with E-state index in [1.807, 2.05) is 6.92 Å². The summed E-state index contributed by atoms with van der Waals surface area (Å²) in [5.41, 5.74) is 0.177. The number of nitrogens with one attached hydrogen (secondary N) is 2. The molecule has 3 N–H and O–H groups in total. The summed E-state index contributed by atoms with van der Waals surface area (Å²) in [6, 6.07) is 1.41. The van der Waals surface area contributed by atoms with Crippen LogP contribution in [0.1, 0.15) is 23.7 Å². The van der Waals surface area contributed by atoms with Gasteiger partial charge in [0.25, 0.3) is 5.91 Å². The van der Waals surface area contributed by atoms with Crippen LogP contribution in [-0.4, -0.2) is 34.6 Å². The maximum atomic E-state index is 11.9. The molecule has 0 saturated carbocycles. The zero-order chi connectivity index (χ0) is 11.6. The van der Waals surface area contributed by atoms with Crippen LogP contribution in [0.5, 0.6) is 5.75 Å². The zero-order valence-corrected chi connectivity index (χ0v) is 9.16. The van der Waals surface area contributed by atoms with E-state index in [4.69, 9.17) is 0 Å². The fourth-order valence-corrected chi connectivity index (χ4v) is 1.82. The minimum Gasteiger partial charge on any atom is -0.506 e. The quantitative estimate of drug-likeness (QED) is 0.670. The van der Waals surface area contributed by atoms with E-state index < -0.39 is 0 Å². The van der Waals surface area contributed by atoms with Gasteiger partial charge in [0.1, 0.15) is 5.75 Å². The Balaban J connectivity index is 2.08. The molecule has 1 aliphatic rings. The van der Waals surface area contributed by atoms with Crippen LogP contribution in [0.15, 0.2) is 18.5 Å². The number of amides is 1. The molecule has 0 bridgehead atoms. The van der Waals surface area contributed by atoms with Gasteiger partial charge in [-0.05, 0) is 26.0 Å². The summed E-state index contributed by atoms with van der Waals surface area (Å²) in [7, 11) is 0. The third-order valence-corrected chi connectivity index (χ3v) is 2.77. The largest absolute Gasteiger partial charge is 0.506 e. The van der Waals surface area contributed by atoms with Crippen molar-refractivity contribution in [2.24, 2.45) is 0 Å². The molecule has 0 spiro atoms. The van der Waals surface area contributed by atoms with Gasteiger partial charge >= 0.3 is 0 Å². The summed E-state index contributed by atoms with van der Waals surface area (Å²) in [5.74, 6) is -0.197. The van der Waals surface area contributed by atoms with Gasteiger partial charge in [0.15, 0.2) is 0 Å². The predicted octanol–water partition coefficient (Wildman–Crippen LogP) is 0.269. The van der Waals surface area contributed by atoms with Crippen molar-refractivity contribution in [3.8, 4) is 5.75 Å². The van der Waals surface area contributed by atoms with Crippen molar-refractivity contribution in [3.05, 3.63) is 24.0 Å². The normalized spacial score (nSPS) is 24.3.